The van der Waals surface area contributed by atoms with E-state index in [9.17, 15) is 26.4 Å². The Labute approximate surface area is 346 Å². The number of carboxylic acid groups (broad SMARTS) is 1. The zero-order valence-electron chi connectivity index (χ0n) is 35.4. The smallest absolute Gasteiger partial charge is 0.335 e. The number of benzene rings is 2. The third-order valence-corrected chi connectivity index (χ3v) is 11.9. The molecule has 2 aliphatic heterocycles. The molecule has 0 bridgehead atoms. The molecular formula is C41H55N7O9S2. The average molecular weight is 854 g/mol. The summed E-state index contributed by atoms with van der Waals surface area (Å²) in [6.45, 7) is 11.8. The van der Waals surface area contributed by atoms with E-state index in [0.717, 1.165) is 50.9 Å². The van der Waals surface area contributed by atoms with Crippen molar-refractivity contribution in [2.45, 2.75) is 78.4 Å². The molecule has 59 heavy (non-hydrogen) atoms. The molecule has 0 aliphatic carbocycles. The van der Waals surface area contributed by atoms with Crippen molar-refractivity contribution < 1.29 is 41.2 Å². The number of hydrogen-bond acceptors (Lipinski definition) is 13. The standard InChI is InChI=1S/C21H27N3O4S.C17H19N3O3.C3H9NO2S/c1-14-11-16(8-9-17(14)19(25)7-6-10-29(5,26)27)18-13-21(3,28-23-18)20-12-15(2)22-24(20)4;1-10-7-12(5-6-13(10)16(21)22)14-9-17(3,23-19-14)15-8-11(2)18-20(15)4;1-7(5,6)3-2-4/h8-9,11-12H,6-7,10,13H2,1-5H3;5-8H,9H2,1-4H3,(H,21,22);2-4H2,1H3. The number of oxime groups is 2. The van der Waals surface area contributed by atoms with Crippen molar-refractivity contribution in [3.8, 4) is 0 Å². The molecule has 4 heterocycles. The second-order valence-electron chi connectivity index (χ2n) is 15.6. The molecule has 0 amide bonds. The Morgan fingerprint density at radius 1 is 0.729 bits per heavy atom. The first kappa shape index (κ1) is 46.5. The fourth-order valence-corrected chi connectivity index (χ4v) is 8.05. The minimum absolute atomic E-state index is 0.0239. The predicted octanol–water partition coefficient (Wildman–Crippen LogP) is 4.85. The number of nitrogens with zero attached hydrogens (tertiary/aromatic N) is 6. The maximum atomic E-state index is 12.5. The van der Waals surface area contributed by atoms with Crippen LogP contribution in [0.5, 0.6) is 0 Å². The molecule has 6 rings (SSSR count). The van der Waals surface area contributed by atoms with Gasteiger partial charge >= 0.3 is 5.97 Å². The van der Waals surface area contributed by atoms with Gasteiger partial charge in [-0.3, -0.25) is 14.2 Å². The van der Waals surface area contributed by atoms with Gasteiger partial charge < -0.3 is 20.5 Å². The molecule has 0 radical (unpaired) electrons. The maximum absolute atomic E-state index is 12.5. The van der Waals surface area contributed by atoms with Crippen LogP contribution in [0.3, 0.4) is 0 Å². The van der Waals surface area contributed by atoms with Crippen molar-refractivity contribution in [3.05, 3.63) is 105 Å². The van der Waals surface area contributed by atoms with E-state index in [0.29, 0.717) is 36.0 Å². The Morgan fingerprint density at radius 2 is 1.15 bits per heavy atom. The highest BCUT2D eigenvalue weighted by Crippen LogP contribution is 2.37. The first-order chi connectivity index (χ1) is 27.3. The summed E-state index contributed by atoms with van der Waals surface area (Å²) in [6.07, 6.45) is 4.12. The van der Waals surface area contributed by atoms with Gasteiger partial charge in [-0.2, -0.15) is 10.2 Å². The van der Waals surface area contributed by atoms with Gasteiger partial charge in [-0.05, 0) is 101 Å². The number of aromatic carboxylic acids is 1. The minimum Gasteiger partial charge on any atom is -0.478 e. The van der Waals surface area contributed by atoms with Gasteiger partial charge in [0.1, 0.15) is 19.7 Å². The van der Waals surface area contributed by atoms with Crippen molar-refractivity contribution in [1.82, 2.24) is 19.6 Å². The van der Waals surface area contributed by atoms with Crippen LogP contribution in [0.25, 0.3) is 0 Å². The highest BCUT2D eigenvalue weighted by Gasteiger charge is 2.40. The predicted molar refractivity (Wildman–Crippen MR) is 226 cm³/mol. The van der Waals surface area contributed by atoms with Gasteiger partial charge in [0.15, 0.2) is 17.0 Å². The summed E-state index contributed by atoms with van der Waals surface area (Å²) < 4.78 is 46.4. The van der Waals surface area contributed by atoms with E-state index in [4.69, 9.17) is 20.5 Å². The van der Waals surface area contributed by atoms with Crippen LogP contribution in [0.2, 0.25) is 0 Å². The third-order valence-electron chi connectivity index (χ3n) is 9.87. The summed E-state index contributed by atoms with van der Waals surface area (Å²) in [6, 6.07) is 14.8. The van der Waals surface area contributed by atoms with Gasteiger partial charge in [0.05, 0.1) is 51.3 Å². The molecule has 0 saturated carbocycles. The molecule has 0 saturated heterocycles. The highest BCUT2D eigenvalue weighted by molar-refractivity contribution is 7.90. The topological polar surface area (TPSA) is 227 Å². The molecule has 18 heteroatoms. The summed E-state index contributed by atoms with van der Waals surface area (Å²) >= 11 is 0. The van der Waals surface area contributed by atoms with Crippen LogP contribution < -0.4 is 5.73 Å². The third kappa shape index (κ3) is 12.2. The zero-order chi connectivity index (χ0) is 44.1. The molecule has 3 N–H and O–H groups in total. The Morgan fingerprint density at radius 3 is 1.47 bits per heavy atom. The van der Waals surface area contributed by atoms with E-state index >= 15 is 0 Å². The van der Waals surface area contributed by atoms with Gasteiger partial charge in [0.2, 0.25) is 0 Å². The SMILES string of the molecule is CS(=O)(=O)CCN.Cc1cc(C2(C)CC(c3ccc(C(=O)CCCS(C)(=O)=O)c(C)c3)=NO2)n(C)n1.Cc1cc(C2(C)CC(c3ccc(C(=O)O)c(C)c3)=NO2)n(C)n1. The number of Topliss-reactive ketones (excluding diaryl/α,β-unsaturated/α-hetero) is 1. The molecule has 0 fully saturated rings. The number of sulfone groups is 2. The average Bonchev–Trinajstić information content (AvgIpc) is 3.89. The highest BCUT2D eigenvalue weighted by atomic mass is 32.2. The lowest BCUT2D eigenvalue weighted by molar-refractivity contribution is -0.0137. The second kappa shape index (κ2) is 18.4. The molecule has 2 aliphatic rings. The normalized spacial score (nSPS) is 18.7. The molecule has 2 atom stereocenters. The molecule has 0 spiro atoms. The number of nitrogens with two attached hydrogens (primary N) is 1. The van der Waals surface area contributed by atoms with Gasteiger partial charge in [-0.15, -0.1) is 0 Å². The molecule has 2 aromatic carbocycles. The lowest BCUT2D eigenvalue weighted by Gasteiger charge is -2.21. The van der Waals surface area contributed by atoms with Crippen molar-refractivity contribution in [3.63, 3.8) is 0 Å². The molecule has 16 nitrogen and oxygen atoms in total. The molecule has 2 unspecified atom stereocenters. The van der Waals surface area contributed by atoms with Gasteiger partial charge in [-0.1, -0.05) is 28.5 Å². The van der Waals surface area contributed by atoms with Crippen LogP contribution in [0.1, 0.15) is 105 Å². The fourth-order valence-electron chi connectivity index (χ4n) is 6.96. The molecule has 320 valence electrons. The monoisotopic (exact) mass is 853 g/mol. The van der Waals surface area contributed by atoms with E-state index in [2.05, 4.69) is 20.5 Å². The van der Waals surface area contributed by atoms with Crippen LogP contribution in [0.15, 0.2) is 58.8 Å². The van der Waals surface area contributed by atoms with Crippen molar-refractivity contribution in [1.29, 1.82) is 0 Å². The number of carbonyl (C=O) groups is 2. The lowest BCUT2D eigenvalue weighted by Crippen LogP contribution is -2.25. The van der Waals surface area contributed by atoms with Gasteiger partial charge in [-0.25, -0.2) is 21.6 Å². The minimum atomic E-state index is -3.05. The second-order valence-corrected chi connectivity index (χ2v) is 20.1. The molecular weight excluding hydrogens is 799 g/mol. The summed E-state index contributed by atoms with van der Waals surface area (Å²) in [5.41, 5.74) is 13.5. The Bertz CT molecular complexity index is 2510. The summed E-state index contributed by atoms with van der Waals surface area (Å²) in [5, 5.41) is 26.4. The first-order valence-corrected chi connectivity index (χ1v) is 23.0. The van der Waals surface area contributed by atoms with Gasteiger partial charge in [0.25, 0.3) is 0 Å². The molecule has 4 aromatic rings. The van der Waals surface area contributed by atoms with Crippen LogP contribution in [-0.4, -0.2) is 95.2 Å². The fraction of sp³-hybridized carbons (Fsp3) is 0.463. The van der Waals surface area contributed by atoms with Crippen molar-refractivity contribution in [2.75, 3.05) is 30.6 Å². The summed E-state index contributed by atoms with van der Waals surface area (Å²) in [5.74, 6) is -0.852. The summed E-state index contributed by atoms with van der Waals surface area (Å²) in [4.78, 5) is 35.1. The van der Waals surface area contributed by atoms with E-state index in [1.54, 1.807) is 25.1 Å². The van der Waals surface area contributed by atoms with Crippen LogP contribution in [0, 0.1) is 27.7 Å². The van der Waals surface area contributed by atoms with Crippen molar-refractivity contribution >= 4 is 42.9 Å². The largest absolute Gasteiger partial charge is 0.478 e. The van der Waals surface area contributed by atoms with Gasteiger partial charge in [0, 0.05) is 58.0 Å². The number of hydrogen-bond donors (Lipinski definition) is 2. The maximum Gasteiger partial charge on any atom is 0.335 e. The summed E-state index contributed by atoms with van der Waals surface area (Å²) in [7, 11) is -2.07. The lowest BCUT2D eigenvalue weighted by atomic mass is 9.91. The number of aryl methyl sites for hydroxylation is 6. The Balaban J connectivity index is 0.000000229. The van der Waals surface area contributed by atoms with E-state index in [-0.39, 0.29) is 30.3 Å². The van der Waals surface area contributed by atoms with E-state index in [1.165, 1.54) is 12.5 Å². The molecule has 2 aromatic heterocycles. The van der Waals surface area contributed by atoms with Crippen LogP contribution in [0.4, 0.5) is 0 Å². The number of rotatable bonds is 12. The van der Waals surface area contributed by atoms with E-state index < -0.39 is 36.8 Å². The number of carboxylic acids is 1. The first-order valence-electron chi connectivity index (χ1n) is 18.9. The number of carbonyl (C=O) groups excluding carboxylic acids is 1. The Kier molecular flexibility index (Phi) is 14.5. The Hall–Kier alpha value is -5.20. The van der Waals surface area contributed by atoms with Crippen LogP contribution >= 0.6 is 0 Å². The van der Waals surface area contributed by atoms with E-state index in [1.807, 2.05) is 88.4 Å². The zero-order valence-corrected chi connectivity index (χ0v) is 37.0. The van der Waals surface area contributed by atoms with Crippen molar-refractivity contribution in [2.24, 2.45) is 30.1 Å². The van der Waals surface area contributed by atoms with Crippen LogP contribution in [-0.2, 0) is 54.6 Å². The number of ketones is 1. The quantitative estimate of drug-likeness (QED) is 0.182. The number of aromatic nitrogens is 4.